The molecule has 0 spiro atoms. The Balaban J connectivity index is 1.89. The van der Waals surface area contributed by atoms with E-state index >= 15 is 0 Å². The number of fused-ring (bicyclic) bond motifs is 1. The molecule has 2 amide bonds. The van der Waals surface area contributed by atoms with Crippen molar-refractivity contribution in [3.63, 3.8) is 0 Å². The fourth-order valence-electron chi connectivity index (χ4n) is 4.04. The summed E-state index contributed by atoms with van der Waals surface area (Å²) in [6.45, 7) is 7.08. The van der Waals surface area contributed by atoms with Crippen molar-refractivity contribution >= 4 is 11.8 Å². The van der Waals surface area contributed by atoms with Crippen molar-refractivity contribution in [2.45, 2.75) is 71.0 Å². The van der Waals surface area contributed by atoms with Gasteiger partial charge in [-0.1, -0.05) is 27.2 Å². The fourth-order valence-corrected chi connectivity index (χ4v) is 4.04. The van der Waals surface area contributed by atoms with E-state index in [1.165, 1.54) is 0 Å². The van der Waals surface area contributed by atoms with Gasteiger partial charge in [0.15, 0.2) is 0 Å². The van der Waals surface area contributed by atoms with Crippen LogP contribution in [0, 0.1) is 11.8 Å². The fraction of sp³-hybridized carbons (Fsp3) is 0.875. The average Bonchev–Trinajstić information content (AvgIpc) is 3.21. The Kier molecular flexibility index (Phi) is 3.51. The molecule has 3 aliphatic rings. The van der Waals surface area contributed by atoms with Crippen LogP contribution < -0.4 is 0 Å². The van der Waals surface area contributed by atoms with Gasteiger partial charge in [-0.2, -0.15) is 0 Å². The maximum Gasteiger partial charge on any atom is 0.246 e. The minimum Gasteiger partial charge on any atom is -0.329 e. The first-order chi connectivity index (χ1) is 9.56. The minimum absolute atomic E-state index is 0.163. The molecule has 3 fully saturated rings. The number of nitrogens with zero attached hydrogens (tertiary/aromatic N) is 2. The summed E-state index contributed by atoms with van der Waals surface area (Å²) in [6, 6.07) is -0.0596. The summed E-state index contributed by atoms with van der Waals surface area (Å²) in [7, 11) is 0. The van der Waals surface area contributed by atoms with Gasteiger partial charge in [0.05, 0.1) is 0 Å². The number of hydrogen-bond acceptors (Lipinski definition) is 2. The molecular formula is C16H26N2O2. The SMILES string of the molecule is CCC1CC1N1C(=O)C2CCCCN2C(=O)C1C(C)C. The maximum absolute atomic E-state index is 12.9. The lowest BCUT2D eigenvalue weighted by Crippen LogP contribution is -2.67. The van der Waals surface area contributed by atoms with E-state index in [0.29, 0.717) is 12.0 Å². The molecule has 0 aromatic heterocycles. The highest BCUT2D eigenvalue weighted by atomic mass is 16.2. The number of carbonyl (C=O) groups is 2. The predicted octanol–water partition coefficient (Wildman–Crippen LogP) is 2.03. The van der Waals surface area contributed by atoms with Crippen LogP contribution in [0.2, 0.25) is 0 Å². The lowest BCUT2D eigenvalue weighted by atomic mass is 9.90. The van der Waals surface area contributed by atoms with Crippen LogP contribution in [0.4, 0.5) is 0 Å². The molecule has 1 saturated carbocycles. The van der Waals surface area contributed by atoms with Crippen LogP contribution >= 0.6 is 0 Å². The lowest BCUT2D eigenvalue weighted by Gasteiger charge is -2.48. The first-order valence-corrected chi connectivity index (χ1v) is 8.19. The van der Waals surface area contributed by atoms with Crippen molar-refractivity contribution in [1.29, 1.82) is 0 Å². The third-order valence-electron chi connectivity index (χ3n) is 5.28. The summed E-state index contributed by atoms with van der Waals surface area (Å²) in [4.78, 5) is 29.6. The molecule has 0 bridgehead atoms. The number of carbonyl (C=O) groups excluding carboxylic acids is 2. The molecule has 2 saturated heterocycles. The Morgan fingerprint density at radius 2 is 1.95 bits per heavy atom. The van der Waals surface area contributed by atoms with E-state index in [1.54, 1.807) is 0 Å². The van der Waals surface area contributed by atoms with E-state index in [4.69, 9.17) is 0 Å². The summed E-state index contributed by atoms with van der Waals surface area (Å²) in [5.41, 5.74) is 0. The maximum atomic E-state index is 12.9. The number of hydrogen-bond donors (Lipinski definition) is 0. The van der Waals surface area contributed by atoms with Crippen LogP contribution in [0.3, 0.4) is 0 Å². The van der Waals surface area contributed by atoms with Crippen LogP contribution in [0.25, 0.3) is 0 Å². The van der Waals surface area contributed by atoms with Crippen molar-refractivity contribution < 1.29 is 9.59 Å². The summed E-state index contributed by atoms with van der Waals surface area (Å²) in [5.74, 6) is 1.24. The second-order valence-corrected chi connectivity index (χ2v) is 6.95. The molecule has 4 nitrogen and oxygen atoms in total. The smallest absolute Gasteiger partial charge is 0.246 e. The molecule has 4 unspecified atom stereocenters. The first-order valence-electron chi connectivity index (χ1n) is 8.19. The second kappa shape index (κ2) is 5.05. The Morgan fingerprint density at radius 1 is 1.20 bits per heavy atom. The lowest BCUT2D eigenvalue weighted by molar-refractivity contribution is -0.166. The summed E-state index contributed by atoms with van der Waals surface area (Å²) >= 11 is 0. The van der Waals surface area contributed by atoms with Crippen LogP contribution in [0.1, 0.15) is 52.9 Å². The molecule has 20 heavy (non-hydrogen) atoms. The Hall–Kier alpha value is -1.06. The zero-order valence-corrected chi connectivity index (χ0v) is 12.8. The van der Waals surface area contributed by atoms with Gasteiger partial charge in [0, 0.05) is 12.6 Å². The molecule has 0 aromatic rings. The topological polar surface area (TPSA) is 40.6 Å². The van der Waals surface area contributed by atoms with Gasteiger partial charge < -0.3 is 9.80 Å². The summed E-state index contributed by atoms with van der Waals surface area (Å²) in [6.07, 6.45) is 5.17. The van der Waals surface area contributed by atoms with E-state index in [0.717, 1.165) is 38.6 Å². The Labute approximate surface area is 121 Å². The van der Waals surface area contributed by atoms with Crippen LogP contribution in [0.5, 0.6) is 0 Å². The number of piperazine rings is 1. The Bertz CT molecular complexity index is 421. The van der Waals surface area contributed by atoms with Crippen LogP contribution in [-0.4, -0.2) is 46.3 Å². The normalized spacial score (nSPS) is 37.4. The summed E-state index contributed by atoms with van der Waals surface area (Å²) in [5, 5.41) is 0. The van der Waals surface area contributed by atoms with Crippen molar-refractivity contribution in [2.24, 2.45) is 11.8 Å². The number of rotatable bonds is 3. The van der Waals surface area contributed by atoms with Gasteiger partial charge in [0.25, 0.3) is 0 Å². The number of piperidine rings is 1. The molecule has 4 heteroatoms. The molecule has 3 rings (SSSR count). The highest BCUT2D eigenvalue weighted by molar-refractivity contribution is 5.97. The van der Waals surface area contributed by atoms with Crippen LogP contribution in [-0.2, 0) is 9.59 Å². The molecular weight excluding hydrogens is 252 g/mol. The highest BCUT2D eigenvalue weighted by Crippen LogP contribution is 2.43. The molecule has 0 radical (unpaired) electrons. The van der Waals surface area contributed by atoms with Crippen molar-refractivity contribution in [3.05, 3.63) is 0 Å². The molecule has 2 heterocycles. The van der Waals surface area contributed by atoms with E-state index in [9.17, 15) is 9.59 Å². The van der Waals surface area contributed by atoms with E-state index in [-0.39, 0.29) is 29.8 Å². The quantitative estimate of drug-likeness (QED) is 0.792. The molecule has 0 aromatic carbocycles. The average molecular weight is 278 g/mol. The minimum atomic E-state index is -0.224. The van der Waals surface area contributed by atoms with Crippen LogP contribution in [0.15, 0.2) is 0 Å². The molecule has 112 valence electrons. The first kappa shape index (κ1) is 13.9. The zero-order chi connectivity index (χ0) is 14.4. The van der Waals surface area contributed by atoms with Gasteiger partial charge in [0.2, 0.25) is 11.8 Å². The van der Waals surface area contributed by atoms with Crippen molar-refractivity contribution in [2.75, 3.05) is 6.54 Å². The van der Waals surface area contributed by atoms with Crippen molar-refractivity contribution in [3.8, 4) is 0 Å². The standard InChI is InChI=1S/C16H26N2O2/c1-4-11-9-13(11)18-14(10(2)3)16(20)17-8-6-5-7-12(17)15(18)19/h10-14H,4-9H2,1-3H3. The molecule has 4 atom stereocenters. The predicted molar refractivity (Wildman–Crippen MR) is 77.0 cm³/mol. The number of amides is 2. The monoisotopic (exact) mass is 278 g/mol. The third kappa shape index (κ3) is 2.04. The van der Waals surface area contributed by atoms with Crippen molar-refractivity contribution in [1.82, 2.24) is 9.80 Å². The molecule has 0 N–H and O–H groups in total. The Morgan fingerprint density at radius 3 is 2.55 bits per heavy atom. The largest absolute Gasteiger partial charge is 0.329 e. The van der Waals surface area contributed by atoms with Gasteiger partial charge in [-0.05, 0) is 37.5 Å². The molecule has 2 aliphatic heterocycles. The van der Waals surface area contributed by atoms with Gasteiger partial charge in [0.1, 0.15) is 12.1 Å². The third-order valence-corrected chi connectivity index (χ3v) is 5.28. The van der Waals surface area contributed by atoms with E-state index in [2.05, 4.69) is 20.8 Å². The molecule has 1 aliphatic carbocycles. The van der Waals surface area contributed by atoms with Gasteiger partial charge in [-0.15, -0.1) is 0 Å². The van der Waals surface area contributed by atoms with Gasteiger partial charge >= 0.3 is 0 Å². The summed E-state index contributed by atoms with van der Waals surface area (Å²) < 4.78 is 0. The van der Waals surface area contributed by atoms with E-state index < -0.39 is 0 Å². The zero-order valence-electron chi connectivity index (χ0n) is 12.8. The highest BCUT2D eigenvalue weighted by Gasteiger charge is 2.54. The van der Waals surface area contributed by atoms with Gasteiger partial charge in [-0.25, -0.2) is 0 Å². The second-order valence-electron chi connectivity index (χ2n) is 6.95. The van der Waals surface area contributed by atoms with Gasteiger partial charge in [-0.3, -0.25) is 9.59 Å². The van der Waals surface area contributed by atoms with E-state index in [1.807, 2.05) is 9.80 Å².